The Labute approximate surface area is 140 Å². The summed E-state index contributed by atoms with van der Waals surface area (Å²) in [5.74, 6) is -0.616. The Kier molecular flexibility index (Phi) is 4.88. The molecular formula is C19H23NO4. The van der Waals surface area contributed by atoms with Crippen molar-refractivity contribution in [2.75, 3.05) is 6.61 Å². The van der Waals surface area contributed by atoms with Crippen LogP contribution in [0.5, 0.6) is 5.75 Å². The van der Waals surface area contributed by atoms with Crippen molar-refractivity contribution in [2.45, 2.75) is 51.4 Å². The molecule has 1 aromatic heterocycles. The number of nitrogens with one attached hydrogen (secondary N) is 1. The van der Waals surface area contributed by atoms with Gasteiger partial charge in [-0.1, -0.05) is 31.7 Å². The minimum absolute atomic E-state index is 0.151. The highest BCUT2D eigenvalue weighted by molar-refractivity contribution is 5.99. The number of rotatable bonds is 3. The number of hydrogen-bond acceptors (Lipinski definition) is 4. The van der Waals surface area contributed by atoms with Gasteiger partial charge in [-0.25, -0.2) is 4.79 Å². The number of fused-ring (bicyclic) bond motifs is 1. The van der Waals surface area contributed by atoms with Crippen LogP contribution < -0.4 is 5.56 Å². The molecule has 0 unspecified atom stereocenters. The minimum atomic E-state index is -0.794. The maximum Gasteiger partial charge on any atom is 0.347 e. The number of ether oxygens (including phenoxy) is 1. The van der Waals surface area contributed by atoms with Crippen molar-refractivity contribution in [3.63, 3.8) is 0 Å². The highest BCUT2D eigenvalue weighted by atomic mass is 16.5. The van der Waals surface area contributed by atoms with Crippen molar-refractivity contribution >= 4 is 16.9 Å². The minimum Gasteiger partial charge on any atom is -0.506 e. The fourth-order valence-corrected chi connectivity index (χ4v) is 3.55. The zero-order valence-corrected chi connectivity index (χ0v) is 13.9. The average molecular weight is 329 g/mol. The first-order valence-electron chi connectivity index (χ1n) is 8.67. The van der Waals surface area contributed by atoms with Crippen LogP contribution in [0.25, 0.3) is 10.9 Å². The lowest BCUT2D eigenvalue weighted by atomic mass is 9.90. The van der Waals surface area contributed by atoms with E-state index < -0.39 is 11.5 Å². The quantitative estimate of drug-likeness (QED) is 0.662. The summed E-state index contributed by atoms with van der Waals surface area (Å²) in [6.07, 6.45) is 7.26. The third kappa shape index (κ3) is 3.16. The topological polar surface area (TPSA) is 79.4 Å². The number of esters is 1. The van der Waals surface area contributed by atoms with Crippen molar-refractivity contribution in [3.05, 3.63) is 39.7 Å². The lowest BCUT2D eigenvalue weighted by Crippen LogP contribution is -2.20. The molecule has 24 heavy (non-hydrogen) atoms. The lowest BCUT2D eigenvalue weighted by molar-refractivity contribution is 0.0521. The molecule has 5 nitrogen and oxygen atoms in total. The standard InChI is InChI=1S/C19H23NO4/c1-2-24-19(23)16-17(21)14-11-13(9-10-15(14)20-18(16)22)12-7-5-3-4-6-8-12/h9-12H,2-8H2,1H3,(H2,20,21,22). The SMILES string of the molecule is CCOC(=O)c1c(O)c2cc(C3CCCCCC3)ccc2[nH]c1=O. The van der Waals surface area contributed by atoms with E-state index in [4.69, 9.17) is 4.74 Å². The highest BCUT2D eigenvalue weighted by Crippen LogP contribution is 2.34. The maximum atomic E-state index is 12.1. The lowest BCUT2D eigenvalue weighted by Gasteiger charge is -2.16. The van der Waals surface area contributed by atoms with Gasteiger partial charge in [-0.3, -0.25) is 4.79 Å². The molecule has 128 valence electrons. The Morgan fingerprint density at radius 3 is 2.62 bits per heavy atom. The van der Waals surface area contributed by atoms with Crippen LogP contribution in [0.1, 0.15) is 67.3 Å². The van der Waals surface area contributed by atoms with Gasteiger partial charge in [0, 0.05) is 5.39 Å². The summed E-state index contributed by atoms with van der Waals surface area (Å²) in [7, 11) is 0. The molecule has 1 saturated carbocycles. The second-order valence-electron chi connectivity index (χ2n) is 6.39. The van der Waals surface area contributed by atoms with Gasteiger partial charge < -0.3 is 14.8 Å². The predicted octanol–water partition coefficient (Wildman–Crippen LogP) is 3.85. The van der Waals surface area contributed by atoms with E-state index in [1.807, 2.05) is 18.2 Å². The Hall–Kier alpha value is -2.30. The molecule has 1 fully saturated rings. The third-order valence-corrected chi connectivity index (χ3v) is 4.82. The summed E-state index contributed by atoms with van der Waals surface area (Å²) in [5, 5.41) is 11.0. The first kappa shape index (κ1) is 16.6. The van der Waals surface area contributed by atoms with Crippen LogP contribution in [0.4, 0.5) is 0 Å². The normalized spacial score (nSPS) is 16.0. The molecule has 0 aliphatic heterocycles. The molecule has 2 aromatic rings. The number of aromatic amines is 1. The number of pyridine rings is 1. The number of carbonyl (C=O) groups excluding carboxylic acids is 1. The van der Waals surface area contributed by atoms with Gasteiger partial charge in [0.1, 0.15) is 5.75 Å². The van der Waals surface area contributed by atoms with E-state index in [0.29, 0.717) is 16.8 Å². The van der Waals surface area contributed by atoms with Gasteiger partial charge in [-0.15, -0.1) is 0 Å². The predicted molar refractivity (Wildman–Crippen MR) is 92.6 cm³/mol. The number of H-pyrrole nitrogens is 1. The van der Waals surface area contributed by atoms with E-state index in [0.717, 1.165) is 18.4 Å². The van der Waals surface area contributed by atoms with Gasteiger partial charge >= 0.3 is 5.97 Å². The molecule has 0 radical (unpaired) electrons. The molecule has 0 saturated heterocycles. The van der Waals surface area contributed by atoms with Crippen LogP contribution in [0.3, 0.4) is 0 Å². The van der Waals surface area contributed by atoms with Crippen molar-refractivity contribution in [3.8, 4) is 5.75 Å². The molecule has 3 rings (SSSR count). The van der Waals surface area contributed by atoms with Crippen LogP contribution in [0.2, 0.25) is 0 Å². The molecule has 1 aromatic carbocycles. The smallest absolute Gasteiger partial charge is 0.347 e. The van der Waals surface area contributed by atoms with Crippen LogP contribution in [-0.4, -0.2) is 22.7 Å². The van der Waals surface area contributed by atoms with E-state index in [1.165, 1.54) is 25.7 Å². The van der Waals surface area contributed by atoms with E-state index in [1.54, 1.807) is 6.92 Å². The Bertz CT molecular complexity index is 801. The summed E-state index contributed by atoms with van der Waals surface area (Å²) >= 11 is 0. The van der Waals surface area contributed by atoms with Crippen molar-refractivity contribution < 1.29 is 14.6 Å². The maximum absolute atomic E-state index is 12.1. The molecule has 1 aliphatic carbocycles. The van der Waals surface area contributed by atoms with Gasteiger partial charge in [0.05, 0.1) is 12.1 Å². The summed E-state index contributed by atoms with van der Waals surface area (Å²) < 4.78 is 4.88. The first-order chi connectivity index (χ1) is 11.6. The fraction of sp³-hybridized carbons (Fsp3) is 0.474. The van der Waals surface area contributed by atoms with Crippen LogP contribution in [-0.2, 0) is 4.74 Å². The number of carbonyl (C=O) groups is 1. The van der Waals surface area contributed by atoms with E-state index in [-0.39, 0.29) is 17.9 Å². The van der Waals surface area contributed by atoms with E-state index >= 15 is 0 Å². The molecule has 1 aliphatic rings. The molecule has 0 bridgehead atoms. The Balaban J connectivity index is 2.07. The zero-order chi connectivity index (χ0) is 17.1. The molecule has 2 N–H and O–H groups in total. The van der Waals surface area contributed by atoms with Crippen molar-refractivity contribution in [1.29, 1.82) is 0 Å². The highest BCUT2D eigenvalue weighted by Gasteiger charge is 2.21. The Morgan fingerprint density at radius 2 is 1.96 bits per heavy atom. The first-order valence-corrected chi connectivity index (χ1v) is 8.67. The van der Waals surface area contributed by atoms with Crippen LogP contribution >= 0.6 is 0 Å². The van der Waals surface area contributed by atoms with Gasteiger partial charge in [0.2, 0.25) is 0 Å². The summed E-state index contributed by atoms with van der Waals surface area (Å²) in [6, 6.07) is 5.72. The van der Waals surface area contributed by atoms with E-state index in [2.05, 4.69) is 4.98 Å². The van der Waals surface area contributed by atoms with Gasteiger partial charge in [-0.05, 0) is 43.4 Å². The second-order valence-corrected chi connectivity index (χ2v) is 6.39. The fourth-order valence-electron chi connectivity index (χ4n) is 3.55. The molecule has 1 heterocycles. The number of hydrogen-bond donors (Lipinski definition) is 2. The van der Waals surface area contributed by atoms with Gasteiger partial charge in [0.15, 0.2) is 5.56 Å². The summed E-state index contributed by atoms with van der Waals surface area (Å²) in [6.45, 7) is 1.81. The Morgan fingerprint density at radius 1 is 1.25 bits per heavy atom. The largest absolute Gasteiger partial charge is 0.506 e. The second kappa shape index (κ2) is 7.07. The molecule has 0 amide bonds. The van der Waals surface area contributed by atoms with Gasteiger partial charge in [0.25, 0.3) is 5.56 Å². The number of aromatic nitrogens is 1. The molecule has 0 spiro atoms. The van der Waals surface area contributed by atoms with Crippen molar-refractivity contribution in [1.82, 2.24) is 4.98 Å². The van der Waals surface area contributed by atoms with Gasteiger partial charge in [-0.2, -0.15) is 0 Å². The summed E-state index contributed by atoms with van der Waals surface area (Å²) in [4.78, 5) is 26.7. The number of benzene rings is 1. The van der Waals surface area contributed by atoms with Crippen molar-refractivity contribution in [2.24, 2.45) is 0 Å². The van der Waals surface area contributed by atoms with Crippen LogP contribution in [0, 0.1) is 0 Å². The monoisotopic (exact) mass is 329 g/mol. The zero-order valence-electron chi connectivity index (χ0n) is 13.9. The van der Waals surface area contributed by atoms with Crippen LogP contribution in [0.15, 0.2) is 23.0 Å². The average Bonchev–Trinajstić information content (AvgIpc) is 2.84. The molecule has 0 atom stereocenters. The summed E-state index contributed by atoms with van der Waals surface area (Å²) in [5.41, 5.74) is 0.743. The van der Waals surface area contributed by atoms with E-state index in [9.17, 15) is 14.7 Å². The molecular weight excluding hydrogens is 306 g/mol. The number of aromatic hydroxyl groups is 1. The molecule has 5 heteroatoms. The third-order valence-electron chi connectivity index (χ3n) is 4.82.